The molecule has 0 heterocycles. The molecule has 0 aliphatic heterocycles. The van der Waals surface area contributed by atoms with Gasteiger partial charge in [-0.1, -0.05) is 6.07 Å². The second-order valence-corrected chi connectivity index (χ2v) is 4.24. The van der Waals surface area contributed by atoms with Crippen LogP contribution in [0.1, 0.15) is 11.1 Å². The van der Waals surface area contributed by atoms with Crippen molar-refractivity contribution in [3.63, 3.8) is 0 Å². The molecule has 2 rings (SSSR count). The molecule has 2 aromatic rings. The van der Waals surface area contributed by atoms with Gasteiger partial charge in [0, 0.05) is 11.6 Å². The van der Waals surface area contributed by atoms with Crippen LogP contribution >= 0.6 is 0 Å². The minimum atomic E-state index is -0.670. The standard InChI is InChI=1S/C14H11F2NO4/c15-11-2-3-12(16)10(6-11)8-21-14-4-1-9(7-18)5-13(14)17(19)20/h1-6,18H,7-8H2. The lowest BCUT2D eigenvalue weighted by molar-refractivity contribution is -0.386. The van der Waals surface area contributed by atoms with Crippen LogP contribution < -0.4 is 4.74 Å². The first-order valence-corrected chi connectivity index (χ1v) is 5.96. The van der Waals surface area contributed by atoms with Crippen molar-refractivity contribution in [3.05, 3.63) is 69.3 Å². The van der Waals surface area contributed by atoms with Crippen LogP contribution in [0.2, 0.25) is 0 Å². The molecule has 0 radical (unpaired) electrons. The Balaban J connectivity index is 2.23. The molecule has 21 heavy (non-hydrogen) atoms. The first-order chi connectivity index (χ1) is 10.0. The van der Waals surface area contributed by atoms with Gasteiger partial charge in [-0.25, -0.2) is 8.78 Å². The number of nitro benzene ring substituents is 1. The number of hydrogen-bond donors (Lipinski definition) is 1. The summed E-state index contributed by atoms with van der Waals surface area (Å²) in [4.78, 5) is 10.3. The fourth-order valence-corrected chi connectivity index (χ4v) is 1.74. The van der Waals surface area contributed by atoms with Crippen LogP contribution in [0, 0.1) is 21.7 Å². The van der Waals surface area contributed by atoms with E-state index < -0.39 is 16.6 Å². The molecule has 0 aromatic heterocycles. The SMILES string of the molecule is O=[N+]([O-])c1cc(CO)ccc1OCc1cc(F)ccc1F. The molecule has 0 fully saturated rings. The van der Waals surface area contributed by atoms with Gasteiger partial charge < -0.3 is 9.84 Å². The summed E-state index contributed by atoms with van der Waals surface area (Å²) in [6, 6.07) is 6.81. The van der Waals surface area contributed by atoms with E-state index in [1.807, 2.05) is 0 Å². The molecule has 110 valence electrons. The second kappa shape index (κ2) is 6.27. The highest BCUT2D eigenvalue weighted by molar-refractivity contribution is 5.48. The number of aliphatic hydroxyl groups excluding tert-OH is 1. The largest absolute Gasteiger partial charge is 0.482 e. The van der Waals surface area contributed by atoms with Gasteiger partial charge in [-0.2, -0.15) is 0 Å². The lowest BCUT2D eigenvalue weighted by atomic mass is 10.2. The number of nitro groups is 1. The highest BCUT2D eigenvalue weighted by Gasteiger charge is 2.16. The van der Waals surface area contributed by atoms with Crippen molar-refractivity contribution in [2.45, 2.75) is 13.2 Å². The Morgan fingerprint density at radius 2 is 1.95 bits per heavy atom. The van der Waals surface area contributed by atoms with Crippen LogP contribution in [0.5, 0.6) is 5.75 Å². The van der Waals surface area contributed by atoms with E-state index in [9.17, 15) is 18.9 Å². The third kappa shape index (κ3) is 3.51. The topological polar surface area (TPSA) is 72.6 Å². The molecule has 0 unspecified atom stereocenters. The van der Waals surface area contributed by atoms with E-state index in [4.69, 9.17) is 9.84 Å². The Labute approximate surface area is 118 Å². The molecule has 0 aliphatic rings. The fourth-order valence-electron chi connectivity index (χ4n) is 1.74. The third-order valence-corrected chi connectivity index (χ3v) is 2.79. The number of hydrogen-bond acceptors (Lipinski definition) is 4. The molecule has 0 saturated heterocycles. The summed E-state index contributed by atoms with van der Waals surface area (Å²) in [6.45, 7) is -0.692. The van der Waals surface area contributed by atoms with E-state index in [0.717, 1.165) is 24.3 Å². The van der Waals surface area contributed by atoms with Gasteiger partial charge >= 0.3 is 5.69 Å². The maximum absolute atomic E-state index is 13.4. The number of nitrogens with zero attached hydrogens (tertiary/aromatic N) is 1. The van der Waals surface area contributed by atoms with E-state index in [-0.39, 0.29) is 30.2 Å². The number of rotatable bonds is 5. The van der Waals surface area contributed by atoms with Crippen LogP contribution in [0.15, 0.2) is 36.4 Å². The molecule has 1 N–H and O–H groups in total. The van der Waals surface area contributed by atoms with Crippen LogP contribution in [0.3, 0.4) is 0 Å². The van der Waals surface area contributed by atoms with Crippen molar-refractivity contribution >= 4 is 5.69 Å². The van der Waals surface area contributed by atoms with Gasteiger partial charge in [0.25, 0.3) is 0 Å². The van der Waals surface area contributed by atoms with E-state index >= 15 is 0 Å². The van der Waals surface area contributed by atoms with Gasteiger partial charge in [0.05, 0.1) is 11.5 Å². The normalized spacial score (nSPS) is 10.4. The third-order valence-electron chi connectivity index (χ3n) is 2.79. The molecule has 2 aromatic carbocycles. The molecule has 7 heteroatoms. The average Bonchev–Trinajstić information content (AvgIpc) is 2.48. The van der Waals surface area contributed by atoms with E-state index in [1.54, 1.807) is 0 Å². The van der Waals surface area contributed by atoms with E-state index in [2.05, 4.69) is 0 Å². The summed E-state index contributed by atoms with van der Waals surface area (Å²) >= 11 is 0. The summed E-state index contributed by atoms with van der Waals surface area (Å²) in [5.41, 5.74) is -0.0418. The Kier molecular flexibility index (Phi) is 4.44. The van der Waals surface area contributed by atoms with Gasteiger partial charge in [0.15, 0.2) is 5.75 Å². The Morgan fingerprint density at radius 3 is 2.62 bits per heavy atom. The van der Waals surface area contributed by atoms with Crippen molar-refractivity contribution in [3.8, 4) is 5.75 Å². The van der Waals surface area contributed by atoms with Crippen molar-refractivity contribution in [2.75, 3.05) is 0 Å². The average molecular weight is 295 g/mol. The molecular weight excluding hydrogens is 284 g/mol. The second-order valence-electron chi connectivity index (χ2n) is 4.24. The minimum Gasteiger partial charge on any atom is -0.482 e. The molecule has 0 atom stereocenters. The first-order valence-electron chi connectivity index (χ1n) is 5.96. The zero-order valence-electron chi connectivity index (χ0n) is 10.8. The van der Waals surface area contributed by atoms with Gasteiger partial charge in [-0.15, -0.1) is 0 Å². The summed E-state index contributed by atoms with van der Waals surface area (Å²) < 4.78 is 31.6. The summed E-state index contributed by atoms with van der Waals surface area (Å²) in [5, 5.41) is 19.9. The number of aliphatic hydroxyl groups is 1. The van der Waals surface area contributed by atoms with Crippen LogP contribution in [-0.2, 0) is 13.2 Å². The maximum atomic E-state index is 13.4. The zero-order chi connectivity index (χ0) is 15.4. The predicted molar refractivity (Wildman–Crippen MR) is 69.7 cm³/mol. The van der Waals surface area contributed by atoms with Gasteiger partial charge in [-0.3, -0.25) is 10.1 Å². The Hall–Kier alpha value is -2.54. The predicted octanol–water partition coefficient (Wildman–Crippen LogP) is 2.94. The number of halogens is 2. The summed E-state index contributed by atoms with van der Waals surface area (Å²) in [6.07, 6.45) is 0. The molecule has 5 nitrogen and oxygen atoms in total. The zero-order valence-corrected chi connectivity index (χ0v) is 10.8. The summed E-state index contributed by atoms with van der Waals surface area (Å²) in [5.74, 6) is -1.37. The molecule has 0 amide bonds. The summed E-state index contributed by atoms with van der Waals surface area (Å²) in [7, 11) is 0. The highest BCUT2D eigenvalue weighted by Crippen LogP contribution is 2.29. The molecule has 0 spiro atoms. The molecule has 0 aliphatic carbocycles. The minimum absolute atomic E-state index is 0.0458. The van der Waals surface area contributed by atoms with Crippen LogP contribution in [0.4, 0.5) is 14.5 Å². The maximum Gasteiger partial charge on any atom is 0.311 e. The van der Waals surface area contributed by atoms with E-state index in [0.29, 0.717) is 5.56 Å². The fraction of sp³-hybridized carbons (Fsp3) is 0.143. The van der Waals surface area contributed by atoms with Crippen LogP contribution in [-0.4, -0.2) is 10.0 Å². The number of ether oxygens (including phenoxy) is 1. The molecule has 0 bridgehead atoms. The Bertz CT molecular complexity index is 676. The van der Waals surface area contributed by atoms with Gasteiger partial charge in [0.1, 0.15) is 18.2 Å². The first kappa shape index (κ1) is 14.9. The van der Waals surface area contributed by atoms with Gasteiger partial charge in [-0.05, 0) is 29.8 Å². The quantitative estimate of drug-likeness (QED) is 0.680. The monoisotopic (exact) mass is 295 g/mol. The lowest BCUT2D eigenvalue weighted by Gasteiger charge is -2.08. The molecular formula is C14H11F2NO4. The molecule has 0 saturated carbocycles. The van der Waals surface area contributed by atoms with Crippen molar-refractivity contribution in [1.29, 1.82) is 0 Å². The number of benzene rings is 2. The Morgan fingerprint density at radius 1 is 1.19 bits per heavy atom. The van der Waals surface area contributed by atoms with E-state index in [1.165, 1.54) is 12.1 Å². The van der Waals surface area contributed by atoms with Crippen molar-refractivity contribution < 1.29 is 23.5 Å². The van der Waals surface area contributed by atoms with Gasteiger partial charge in [0.2, 0.25) is 0 Å². The highest BCUT2D eigenvalue weighted by atomic mass is 19.1. The van der Waals surface area contributed by atoms with Crippen LogP contribution in [0.25, 0.3) is 0 Å². The van der Waals surface area contributed by atoms with Crippen molar-refractivity contribution in [1.82, 2.24) is 0 Å². The smallest absolute Gasteiger partial charge is 0.311 e. The van der Waals surface area contributed by atoms with Crippen molar-refractivity contribution in [2.24, 2.45) is 0 Å². The lowest BCUT2D eigenvalue weighted by Crippen LogP contribution is -2.02.